The molecule has 1 heterocycles. The molecule has 1 aliphatic carbocycles. The number of hydrogen-bond donors (Lipinski definition) is 0. The van der Waals surface area contributed by atoms with Gasteiger partial charge in [-0.2, -0.15) is 0 Å². The molecule has 0 bridgehead atoms. The molecule has 1 saturated carbocycles. The Labute approximate surface area is 157 Å². The van der Waals surface area contributed by atoms with Crippen molar-refractivity contribution in [2.24, 2.45) is 11.8 Å². The van der Waals surface area contributed by atoms with E-state index in [9.17, 15) is 9.59 Å². The Morgan fingerprint density at radius 3 is 2.38 bits per heavy atom. The van der Waals surface area contributed by atoms with E-state index in [-0.39, 0.29) is 17.9 Å². The number of benzene rings is 1. The van der Waals surface area contributed by atoms with E-state index >= 15 is 0 Å². The zero-order valence-corrected chi connectivity index (χ0v) is 16.8. The molecule has 0 N–H and O–H groups in total. The molecule has 2 fully saturated rings. The molecule has 2 amide bonds. The third-order valence-corrected chi connectivity index (χ3v) is 6.00. The summed E-state index contributed by atoms with van der Waals surface area (Å²) in [6.07, 6.45) is 2.91. The summed E-state index contributed by atoms with van der Waals surface area (Å²) in [5.41, 5.74) is 4.14. The zero-order valence-electron chi connectivity index (χ0n) is 16.8. The maximum Gasteiger partial charge on any atom is 0.254 e. The number of hydrogen-bond acceptors (Lipinski definition) is 2. The predicted octanol–water partition coefficient (Wildman–Crippen LogP) is 3.72. The fraction of sp³-hybridized carbons (Fsp3) is 0.636. The van der Waals surface area contributed by atoms with E-state index in [0.29, 0.717) is 31.3 Å². The van der Waals surface area contributed by atoms with Gasteiger partial charge in [-0.25, -0.2) is 0 Å². The molecule has 0 radical (unpaired) electrons. The minimum Gasteiger partial charge on any atom is -0.337 e. The average Bonchev–Trinajstić information content (AvgIpc) is 3.40. The number of aryl methyl sites for hydroxylation is 3. The maximum atomic E-state index is 13.2. The second-order valence-corrected chi connectivity index (χ2v) is 8.55. The van der Waals surface area contributed by atoms with Gasteiger partial charge >= 0.3 is 0 Å². The molecule has 0 aromatic heterocycles. The van der Waals surface area contributed by atoms with Gasteiger partial charge in [0.15, 0.2) is 0 Å². The quantitative estimate of drug-likeness (QED) is 0.825. The van der Waals surface area contributed by atoms with Crippen LogP contribution in [0, 0.1) is 32.6 Å². The molecular formula is C22H32N2O2. The van der Waals surface area contributed by atoms with Crippen molar-refractivity contribution in [3.63, 3.8) is 0 Å². The van der Waals surface area contributed by atoms with Crippen LogP contribution in [0.5, 0.6) is 0 Å². The highest BCUT2D eigenvalue weighted by Gasteiger charge is 2.36. The molecule has 1 atom stereocenters. The summed E-state index contributed by atoms with van der Waals surface area (Å²) in [4.78, 5) is 30.0. The zero-order chi connectivity index (χ0) is 19.0. The summed E-state index contributed by atoms with van der Waals surface area (Å²) >= 11 is 0. The number of carbonyl (C=O) groups is 2. The van der Waals surface area contributed by atoms with Gasteiger partial charge < -0.3 is 9.80 Å². The third kappa shape index (κ3) is 3.94. The van der Waals surface area contributed by atoms with Crippen molar-refractivity contribution in [3.05, 3.63) is 34.4 Å². The highest BCUT2D eigenvalue weighted by atomic mass is 16.2. The lowest BCUT2D eigenvalue weighted by molar-refractivity contribution is -0.133. The first-order valence-corrected chi connectivity index (χ1v) is 9.94. The summed E-state index contributed by atoms with van der Waals surface area (Å²) in [7, 11) is 0. The Morgan fingerprint density at radius 1 is 1.12 bits per heavy atom. The standard InChI is InChI=1S/C22H32N2O2/c1-14(2)20-13-23(9-8-21(25)24(20)12-18-6-7-18)22(26)19-11-16(4)15(3)10-17(19)5/h10-11,14,18,20H,6-9,12-13H2,1-5H3. The van der Waals surface area contributed by atoms with Gasteiger partial charge in [-0.3, -0.25) is 9.59 Å². The molecule has 1 saturated heterocycles. The maximum absolute atomic E-state index is 13.2. The van der Waals surface area contributed by atoms with E-state index < -0.39 is 0 Å². The largest absolute Gasteiger partial charge is 0.337 e. The fourth-order valence-electron chi connectivity index (χ4n) is 3.91. The van der Waals surface area contributed by atoms with E-state index in [2.05, 4.69) is 31.7 Å². The molecule has 4 nitrogen and oxygen atoms in total. The molecule has 2 aliphatic rings. The van der Waals surface area contributed by atoms with Crippen LogP contribution in [0.2, 0.25) is 0 Å². The monoisotopic (exact) mass is 356 g/mol. The summed E-state index contributed by atoms with van der Waals surface area (Å²) < 4.78 is 0. The van der Waals surface area contributed by atoms with Crippen molar-refractivity contribution in [2.75, 3.05) is 19.6 Å². The average molecular weight is 357 g/mol. The lowest BCUT2D eigenvalue weighted by Gasteiger charge is -2.35. The first kappa shape index (κ1) is 18.9. The SMILES string of the molecule is Cc1cc(C)c(C(=O)N2CCC(=O)N(CC3CC3)C(C(C)C)C2)cc1C. The smallest absolute Gasteiger partial charge is 0.254 e. The minimum atomic E-state index is 0.0670. The highest BCUT2D eigenvalue weighted by molar-refractivity contribution is 5.96. The molecule has 3 rings (SSSR count). The van der Waals surface area contributed by atoms with Crippen molar-refractivity contribution >= 4 is 11.8 Å². The van der Waals surface area contributed by atoms with Crippen LogP contribution in [0.15, 0.2) is 12.1 Å². The number of rotatable bonds is 4. The van der Waals surface area contributed by atoms with E-state index in [4.69, 9.17) is 0 Å². The number of carbonyl (C=O) groups excluding carboxylic acids is 2. The first-order chi connectivity index (χ1) is 12.3. The molecule has 1 aromatic rings. The van der Waals surface area contributed by atoms with Crippen LogP contribution in [0.25, 0.3) is 0 Å². The van der Waals surface area contributed by atoms with Crippen LogP contribution >= 0.6 is 0 Å². The van der Waals surface area contributed by atoms with Crippen LogP contribution in [0.4, 0.5) is 0 Å². The molecule has 1 aromatic carbocycles. The molecule has 0 spiro atoms. The molecule has 1 aliphatic heterocycles. The van der Waals surface area contributed by atoms with Crippen molar-refractivity contribution in [1.29, 1.82) is 0 Å². The van der Waals surface area contributed by atoms with E-state index in [1.54, 1.807) is 0 Å². The Morgan fingerprint density at radius 2 is 1.77 bits per heavy atom. The summed E-state index contributed by atoms with van der Waals surface area (Å²) in [5.74, 6) is 1.29. The highest BCUT2D eigenvalue weighted by Crippen LogP contribution is 2.32. The van der Waals surface area contributed by atoms with E-state index in [1.165, 1.54) is 18.4 Å². The second-order valence-electron chi connectivity index (χ2n) is 8.55. The van der Waals surface area contributed by atoms with Gasteiger partial charge in [0.1, 0.15) is 0 Å². The molecule has 26 heavy (non-hydrogen) atoms. The lowest BCUT2D eigenvalue weighted by Crippen LogP contribution is -2.48. The Balaban J connectivity index is 1.84. The summed E-state index contributed by atoms with van der Waals surface area (Å²) in [6.45, 7) is 12.5. The lowest BCUT2D eigenvalue weighted by atomic mass is 9.98. The topological polar surface area (TPSA) is 40.6 Å². The van der Waals surface area contributed by atoms with Crippen molar-refractivity contribution < 1.29 is 9.59 Å². The van der Waals surface area contributed by atoms with Crippen LogP contribution in [-0.2, 0) is 4.79 Å². The molecule has 142 valence electrons. The second kappa shape index (κ2) is 7.42. The number of nitrogens with zero attached hydrogens (tertiary/aromatic N) is 2. The minimum absolute atomic E-state index is 0.0670. The van der Waals surface area contributed by atoms with Crippen LogP contribution in [0.1, 0.15) is 60.2 Å². The molecule has 4 heteroatoms. The van der Waals surface area contributed by atoms with Gasteiger partial charge in [-0.15, -0.1) is 0 Å². The Kier molecular flexibility index (Phi) is 5.40. The predicted molar refractivity (Wildman–Crippen MR) is 104 cm³/mol. The van der Waals surface area contributed by atoms with Crippen molar-refractivity contribution in [3.8, 4) is 0 Å². The van der Waals surface area contributed by atoms with Gasteiger partial charge in [-0.1, -0.05) is 19.9 Å². The van der Waals surface area contributed by atoms with Crippen LogP contribution in [-0.4, -0.2) is 47.3 Å². The fourth-order valence-corrected chi connectivity index (χ4v) is 3.91. The van der Waals surface area contributed by atoms with Gasteiger partial charge in [0.2, 0.25) is 5.91 Å². The molecular weight excluding hydrogens is 324 g/mol. The Hall–Kier alpha value is -1.84. The van der Waals surface area contributed by atoms with Crippen LogP contribution < -0.4 is 0 Å². The van der Waals surface area contributed by atoms with Crippen molar-refractivity contribution in [1.82, 2.24) is 9.80 Å². The number of amides is 2. The summed E-state index contributed by atoms with van der Waals surface area (Å²) in [5, 5.41) is 0. The normalized spacial score (nSPS) is 21.3. The van der Waals surface area contributed by atoms with Gasteiger partial charge in [0.05, 0.1) is 6.04 Å². The van der Waals surface area contributed by atoms with Gasteiger partial charge in [0.25, 0.3) is 5.91 Å². The first-order valence-electron chi connectivity index (χ1n) is 9.94. The van der Waals surface area contributed by atoms with E-state index in [1.807, 2.05) is 24.8 Å². The Bertz CT molecular complexity index is 706. The summed E-state index contributed by atoms with van der Waals surface area (Å²) in [6, 6.07) is 4.21. The third-order valence-electron chi connectivity index (χ3n) is 6.00. The van der Waals surface area contributed by atoms with Gasteiger partial charge in [0, 0.05) is 31.6 Å². The molecule has 1 unspecified atom stereocenters. The van der Waals surface area contributed by atoms with Crippen LogP contribution in [0.3, 0.4) is 0 Å². The van der Waals surface area contributed by atoms with Crippen molar-refractivity contribution in [2.45, 2.75) is 59.9 Å². The van der Waals surface area contributed by atoms with E-state index in [0.717, 1.165) is 23.2 Å². The van der Waals surface area contributed by atoms with Gasteiger partial charge in [-0.05, 0) is 68.2 Å².